The molecule has 90 valence electrons. The molecule has 1 fully saturated rings. The van der Waals surface area contributed by atoms with Crippen LogP contribution in [-0.2, 0) is 0 Å². The lowest BCUT2D eigenvalue weighted by atomic mass is 10.2. The summed E-state index contributed by atoms with van der Waals surface area (Å²) in [5.74, 6) is 2.99. The van der Waals surface area contributed by atoms with Gasteiger partial charge in [0.05, 0.1) is 16.4 Å². The first kappa shape index (κ1) is 12.8. The number of thiophene rings is 1. The molecule has 1 aromatic rings. The van der Waals surface area contributed by atoms with Crippen LogP contribution in [0.15, 0.2) is 6.07 Å². The molecule has 2 nitrogen and oxygen atoms in total. The Bertz CT molecular complexity index is 473. The first-order valence-electron chi connectivity index (χ1n) is 5.29. The molecular formula is C12H11Cl2NOS. The Balaban J connectivity index is 2.14. The smallest absolute Gasteiger partial charge is 0.257 e. The number of rotatable bonds is 4. The molecule has 0 N–H and O–H groups in total. The van der Waals surface area contributed by atoms with Crippen LogP contribution >= 0.6 is 34.5 Å². The van der Waals surface area contributed by atoms with Crippen LogP contribution in [0.4, 0.5) is 0 Å². The highest BCUT2D eigenvalue weighted by molar-refractivity contribution is 7.20. The molecule has 17 heavy (non-hydrogen) atoms. The Kier molecular flexibility index (Phi) is 3.98. The molecule has 1 amide bonds. The van der Waals surface area contributed by atoms with Gasteiger partial charge in [0.2, 0.25) is 0 Å². The summed E-state index contributed by atoms with van der Waals surface area (Å²) >= 11 is 13.0. The number of nitrogens with zero attached hydrogens (tertiary/aromatic N) is 1. The number of carbonyl (C=O) groups excluding carboxylic acids is 1. The Morgan fingerprint density at radius 1 is 1.59 bits per heavy atom. The molecule has 0 radical (unpaired) electrons. The van der Waals surface area contributed by atoms with E-state index in [1.807, 2.05) is 0 Å². The fourth-order valence-electron chi connectivity index (χ4n) is 1.60. The third kappa shape index (κ3) is 3.16. The predicted octanol–water partition coefficient (Wildman–Crippen LogP) is 3.54. The van der Waals surface area contributed by atoms with E-state index in [1.54, 1.807) is 11.0 Å². The summed E-state index contributed by atoms with van der Waals surface area (Å²) in [7, 11) is 0. The van der Waals surface area contributed by atoms with Crippen molar-refractivity contribution in [2.75, 3.05) is 13.1 Å². The summed E-state index contributed by atoms with van der Waals surface area (Å²) < 4.78 is 0.947. The monoisotopic (exact) mass is 287 g/mol. The van der Waals surface area contributed by atoms with E-state index in [1.165, 1.54) is 24.2 Å². The van der Waals surface area contributed by atoms with Gasteiger partial charge in [0.1, 0.15) is 4.34 Å². The van der Waals surface area contributed by atoms with Gasteiger partial charge in [0.15, 0.2) is 0 Å². The Morgan fingerprint density at radius 2 is 2.29 bits per heavy atom. The van der Waals surface area contributed by atoms with Crippen LogP contribution in [0, 0.1) is 18.3 Å². The van der Waals surface area contributed by atoms with Crippen molar-refractivity contribution in [1.29, 1.82) is 0 Å². The van der Waals surface area contributed by atoms with Gasteiger partial charge in [-0.05, 0) is 24.8 Å². The highest BCUT2D eigenvalue weighted by atomic mass is 35.5. The molecule has 0 spiro atoms. The van der Waals surface area contributed by atoms with Crippen molar-refractivity contribution in [3.63, 3.8) is 0 Å². The van der Waals surface area contributed by atoms with Crippen LogP contribution < -0.4 is 0 Å². The van der Waals surface area contributed by atoms with Crippen molar-refractivity contribution in [1.82, 2.24) is 4.90 Å². The summed E-state index contributed by atoms with van der Waals surface area (Å²) in [5.41, 5.74) is 0.456. The zero-order valence-corrected chi connectivity index (χ0v) is 11.4. The molecule has 1 heterocycles. The summed E-state index contributed by atoms with van der Waals surface area (Å²) in [5, 5.41) is 0. The molecule has 2 rings (SSSR count). The minimum absolute atomic E-state index is 0.122. The third-order valence-electron chi connectivity index (χ3n) is 2.63. The highest BCUT2D eigenvalue weighted by Crippen LogP contribution is 2.34. The lowest BCUT2D eigenvalue weighted by Gasteiger charge is -2.19. The first-order valence-corrected chi connectivity index (χ1v) is 6.86. The number of terminal acetylenes is 1. The second-order valence-corrected chi connectivity index (χ2v) is 6.36. The Labute approximate surface area is 115 Å². The zero-order chi connectivity index (χ0) is 12.4. The van der Waals surface area contributed by atoms with Crippen LogP contribution in [0.3, 0.4) is 0 Å². The van der Waals surface area contributed by atoms with Crippen molar-refractivity contribution in [3.05, 3.63) is 20.3 Å². The number of halogens is 2. The quantitative estimate of drug-likeness (QED) is 0.776. The van der Waals surface area contributed by atoms with Gasteiger partial charge in [-0.2, -0.15) is 0 Å². The molecule has 5 heteroatoms. The summed E-state index contributed by atoms with van der Waals surface area (Å²) in [4.78, 5) is 13.9. The van der Waals surface area contributed by atoms with E-state index in [4.69, 9.17) is 29.6 Å². The Hall–Kier alpha value is -0.690. The van der Waals surface area contributed by atoms with E-state index in [0.717, 1.165) is 0 Å². The maximum atomic E-state index is 12.2. The van der Waals surface area contributed by atoms with E-state index in [-0.39, 0.29) is 5.91 Å². The minimum atomic E-state index is -0.122. The first-order chi connectivity index (χ1) is 8.11. The molecule has 1 aliphatic rings. The second kappa shape index (κ2) is 5.30. The van der Waals surface area contributed by atoms with Gasteiger partial charge in [0.25, 0.3) is 5.91 Å². The molecule has 0 atom stereocenters. The van der Waals surface area contributed by atoms with Crippen LogP contribution in [0.5, 0.6) is 0 Å². The van der Waals surface area contributed by atoms with E-state index < -0.39 is 0 Å². The van der Waals surface area contributed by atoms with Gasteiger partial charge in [-0.15, -0.1) is 17.8 Å². The summed E-state index contributed by atoms with van der Waals surface area (Å²) in [6, 6.07) is 1.60. The van der Waals surface area contributed by atoms with Gasteiger partial charge in [-0.3, -0.25) is 4.79 Å². The SMILES string of the molecule is C#CCN(CC1CC1)C(=O)c1cc(Cl)sc1Cl. The largest absolute Gasteiger partial charge is 0.327 e. The molecule has 0 bridgehead atoms. The predicted molar refractivity (Wildman–Crippen MR) is 71.8 cm³/mol. The van der Waals surface area contributed by atoms with E-state index in [0.29, 0.717) is 33.2 Å². The molecule has 0 unspecified atom stereocenters. The van der Waals surface area contributed by atoms with Crippen molar-refractivity contribution in [2.24, 2.45) is 5.92 Å². The molecule has 1 aromatic heterocycles. The maximum Gasteiger partial charge on any atom is 0.257 e. The summed E-state index contributed by atoms with van der Waals surface area (Å²) in [6.45, 7) is 1.03. The number of hydrogen-bond acceptors (Lipinski definition) is 2. The lowest BCUT2D eigenvalue weighted by Crippen LogP contribution is -2.33. The van der Waals surface area contributed by atoms with Gasteiger partial charge in [-0.1, -0.05) is 29.1 Å². The number of carbonyl (C=O) groups is 1. The fraction of sp³-hybridized carbons (Fsp3) is 0.417. The van der Waals surface area contributed by atoms with E-state index in [2.05, 4.69) is 5.92 Å². The Morgan fingerprint density at radius 3 is 2.76 bits per heavy atom. The lowest BCUT2D eigenvalue weighted by molar-refractivity contribution is 0.0770. The van der Waals surface area contributed by atoms with Gasteiger partial charge in [-0.25, -0.2) is 0 Å². The van der Waals surface area contributed by atoms with E-state index >= 15 is 0 Å². The standard InChI is InChI=1S/C12H11Cl2NOS/c1-2-5-15(7-8-3-4-8)12(16)9-6-10(13)17-11(9)14/h1,6,8H,3-5,7H2. The second-order valence-electron chi connectivity index (χ2n) is 4.07. The molecule has 1 saturated carbocycles. The molecule has 0 aromatic carbocycles. The van der Waals surface area contributed by atoms with Gasteiger partial charge in [0, 0.05) is 6.54 Å². The average molecular weight is 288 g/mol. The summed E-state index contributed by atoms with van der Waals surface area (Å²) in [6.07, 6.45) is 7.63. The van der Waals surface area contributed by atoms with Crippen LogP contribution in [0.1, 0.15) is 23.2 Å². The van der Waals surface area contributed by atoms with Crippen molar-refractivity contribution < 1.29 is 4.79 Å². The molecular weight excluding hydrogens is 277 g/mol. The number of amides is 1. The normalized spacial score (nSPS) is 14.4. The third-order valence-corrected chi connectivity index (χ3v) is 4.12. The van der Waals surface area contributed by atoms with Crippen molar-refractivity contribution in [3.8, 4) is 12.3 Å². The molecule has 0 aliphatic heterocycles. The minimum Gasteiger partial charge on any atom is -0.327 e. The van der Waals surface area contributed by atoms with Gasteiger partial charge < -0.3 is 4.90 Å². The van der Waals surface area contributed by atoms with E-state index in [9.17, 15) is 4.79 Å². The van der Waals surface area contributed by atoms with Crippen LogP contribution in [0.2, 0.25) is 8.67 Å². The maximum absolute atomic E-state index is 12.2. The highest BCUT2D eigenvalue weighted by Gasteiger charge is 2.28. The molecule has 1 aliphatic carbocycles. The fourth-order valence-corrected chi connectivity index (χ4v) is 3.05. The molecule has 0 saturated heterocycles. The zero-order valence-electron chi connectivity index (χ0n) is 9.08. The average Bonchev–Trinajstić information content (AvgIpc) is 3.02. The van der Waals surface area contributed by atoms with Gasteiger partial charge >= 0.3 is 0 Å². The van der Waals surface area contributed by atoms with Crippen molar-refractivity contribution >= 4 is 40.4 Å². The van der Waals surface area contributed by atoms with Crippen LogP contribution in [-0.4, -0.2) is 23.9 Å². The number of hydrogen-bond donors (Lipinski definition) is 0. The van der Waals surface area contributed by atoms with Crippen molar-refractivity contribution in [2.45, 2.75) is 12.8 Å². The van der Waals surface area contributed by atoms with Crippen LogP contribution in [0.25, 0.3) is 0 Å². The topological polar surface area (TPSA) is 20.3 Å².